The minimum absolute atomic E-state index is 0.000839. The molecule has 0 aromatic carbocycles. The molecule has 2 heterocycles. The minimum Gasteiger partial charge on any atom is -0.476 e. The molecule has 0 fully saturated rings. The number of carboxylic acid groups (broad SMARTS) is 1. The van der Waals surface area contributed by atoms with Crippen LogP contribution in [0.15, 0.2) is 6.20 Å². The summed E-state index contributed by atoms with van der Waals surface area (Å²) < 4.78 is 3.28. The normalized spacial score (nSPS) is 11.2. The first-order valence-electron chi connectivity index (χ1n) is 6.17. The zero-order valence-corrected chi connectivity index (χ0v) is 11.5. The summed E-state index contributed by atoms with van der Waals surface area (Å²) in [6, 6.07) is 0. The highest BCUT2D eigenvalue weighted by Gasteiger charge is 2.24. The van der Waals surface area contributed by atoms with Gasteiger partial charge in [0.1, 0.15) is 5.69 Å². The summed E-state index contributed by atoms with van der Waals surface area (Å²) in [5, 5.41) is 21.3. The van der Waals surface area contributed by atoms with Crippen molar-refractivity contribution >= 4 is 5.97 Å². The van der Waals surface area contributed by atoms with Crippen molar-refractivity contribution in [3.05, 3.63) is 23.3 Å². The summed E-state index contributed by atoms with van der Waals surface area (Å²) >= 11 is 0. The van der Waals surface area contributed by atoms with E-state index in [1.54, 1.807) is 9.36 Å². The van der Waals surface area contributed by atoms with Crippen LogP contribution in [0.4, 0.5) is 0 Å². The van der Waals surface area contributed by atoms with E-state index in [1.807, 2.05) is 34.0 Å². The number of rotatable bonds is 4. The Kier molecular flexibility index (Phi) is 3.37. The number of aryl methyl sites for hydroxylation is 2. The molecule has 0 aliphatic heterocycles. The summed E-state index contributed by atoms with van der Waals surface area (Å²) in [5.41, 5.74) is 2.25. The monoisotopic (exact) mass is 263 g/mol. The molecule has 19 heavy (non-hydrogen) atoms. The highest BCUT2D eigenvalue weighted by atomic mass is 16.4. The molecule has 2 aromatic heterocycles. The molecule has 0 aliphatic rings. The first-order chi connectivity index (χ1) is 8.95. The Morgan fingerprint density at radius 2 is 2.16 bits per heavy atom. The fourth-order valence-corrected chi connectivity index (χ4v) is 2.09. The number of aromatic nitrogens is 5. The van der Waals surface area contributed by atoms with Crippen LogP contribution in [0, 0.1) is 0 Å². The lowest BCUT2D eigenvalue weighted by atomic mass is 10.1. The average Bonchev–Trinajstić information content (AvgIpc) is 2.91. The van der Waals surface area contributed by atoms with Gasteiger partial charge in [-0.1, -0.05) is 26.0 Å². The van der Waals surface area contributed by atoms with Crippen molar-refractivity contribution in [3.63, 3.8) is 0 Å². The third kappa shape index (κ3) is 2.23. The Morgan fingerprint density at radius 3 is 2.68 bits per heavy atom. The molecular weight excluding hydrogens is 246 g/mol. The Hall–Kier alpha value is -2.18. The first kappa shape index (κ1) is 13.3. The zero-order valence-electron chi connectivity index (χ0n) is 11.5. The summed E-state index contributed by atoms with van der Waals surface area (Å²) in [6.45, 7) is 5.84. The van der Waals surface area contributed by atoms with Crippen LogP contribution in [-0.2, 0) is 13.5 Å². The molecule has 7 heteroatoms. The third-order valence-corrected chi connectivity index (χ3v) is 2.90. The maximum Gasteiger partial charge on any atom is 0.358 e. The van der Waals surface area contributed by atoms with Crippen molar-refractivity contribution in [1.29, 1.82) is 0 Å². The maximum atomic E-state index is 11.2. The van der Waals surface area contributed by atoms with Crippen molar-refractivity contribution in [2.75, 3.05) is 0 Å². The lowest BCUT2D eigenvalue weighted by Crippen LogP contribution is -2.09. The summed E-state index contributed by atoms with van der Waals surface area (Å²) in [4.78, 5) is 11.2. The lowest BCUT2D eigenvalue weighted by molar-refractivity contribution is 0.0688. The van der Waals surface area contributed by atoms with Gasteiger partial charge in [0, 0.05) is 7.05 Å². The van der Waals surface area contributed by atoms with Crippen LogP contribution in [0.3, 0.4) is 0 Å². The SMILES string of the molecule is CCc1nn(C)cc1-n1nnc(C(=O)O)c1C(C)C. The maximum absolute atomic E-state index is 11.2. The van der Waals surface area contributed by atoms with E-state index in [0.29, 0.717) is 5.69 Å². The van der Waals surface area contributed by atoms with E-state index in [9.17, 15) is 4.79 Å². The standard InChI is InChI=1S/C12H17N5O2/c1-5-8-9(6-16(4)14-8)17-11(7(2)3)10(12(18)19)13-15-17/h6-7H,5H2,1-4H3,(H,18,19). The fourth-order valence-electron chi connectivity index (χ4n) is 2.09. The molecular formula is C12H17N5O2. The summed E-state index contributed by atoms with van der Waals surface area (Å²) in [5.74, 6) is -1.05. The first-order valence-corrected chi connectivity index (χ1v) is 6.17. The van der Waals surface area contributed by atoms with E-state index in [2.05, 4.69) is 15.4 Å². The van der Waals surface area contributed by atoms with Gasteiger partial charge >= 0.3 is 5.97 Å². The Morgan fingerprint density at radius 1 is 1.47 bits per heavy atom. The second-order valence-electron chi connectivity index (χ2n) is 4.68. The topological polar surface area (TPSA) is 85.8 Å². The number of hydrogen-bond acceptors (Lipinski definition) is 4. The van der Waals surface area contributed by atoms with E-state index in [-0.39, 0.29) is 11.6 Å². The molecule has 0 spiro atoms. The minimum atomic E-state index is -1.06. The molecule has 7 nitrogen and oxygen atoms in total. The molecule has 0 amide bonds. The smallest absolute Gasteiger partial charge is 0.358 e. The highest BCUT2D eigenvalue weighted by molar-refractivity contribution is 5.86. The third-order valence-electron chi connectivity index (χ3n) is 2.90. The van der Waals surface area contributed by atoms with Crippen LogP contribution in [0.25, 0.3) is 5.69 Å². The molecule has 2 aromatic rings. The molecule has 0 aliphatic carbocycles. The van der Waals surface area contributed by atoms with Crippen molar-refractivity contribution in [2.45, 2.75) is 33.1 Å². The summed E-state index contributed by atoms with van der Waals surface area (Å²) in [7, 11) is 1.83. The highest BCUT2D eigenvalue weighted by Crippen LogP contribution is 2.23. The van der Waals surface area contributed by atoms with Gasteiger partial charge in [-0.25, -0.2) is 9.48 Å². The fraction of sp³-hybridized carbons (Fsp3) is 0.500. The van der Waals surface area contributed by atoms with Gasteiger partial charge in [0.2, 0.25) is 0 Å². The van der Waals surface area contributed by atoms with Crippen molar-refractivity contribution in [3.8, 4) is 5.69 Å². The van der Waals surface area contributed by atoms with E-state index in [4.69, 9.17) is 5.11 Å². The van der Waals surface area contributed by atoms with E-state index in [0.717, 1.165) is 17.8 Å². The molecule has 0 radical (unpaired) electrons. The van der Waals surface area contributed by atoms with Crippen LogP contribution in [0.2, 0.25) is 0 Å². The van der Waals surface area contributed by atoms with Crippen molar-refractivity contribution in [2.24, 2.45) is 7.05 Å². The quantitative estimate of drug-likeness (QED) is 0.900. The predicted octanol–water partition coefficient (Wildman–Crippen LogP) is 1.38. The number of aromatic carboxylic acids is 1. The molecule has 2 rings (SSSR count). The van der Waals surface area contributed by atoms with Gasteiger partial charge in [-0.3, -0.25) is 4.68 Å². The Bertz CT molecular complexity index is 612. The van der Waals surface area contributed by atoms with Gasteiger partial charge in [-0.05, 0) is 12.3 Å². The van der Waals surface area contributed by atoms with Gasteiger partial charge in [0.25, 0.3) is 0 Å². The van der Waals surface area contributed by atoms with Gasteiger partial charge in [-0.2, -0.15) is 5.10 Å². The van der Waals surface area contributed by atoms with Crippen molar-refractivity contribution < 1.29 is 9.90 Å². The molecule has 0 unspecified atom stereocenters. The van der Waals surface area contributed by atoms with Gasteiger partial charge < -0.3 is 5.11 Å². The van der Waals surface area contributed by atoms with E-state index in [1.165, 1.54) is 0 Å². The van der Waals surface area contributed by atoms with Crippen LogP contribution in [0.5, 0.6) is 0 Å². The van der Waals surface area contributed by atoms with Gasteiger partial charge in [0.05, 0.1) is 17.6 Å². The van der Waals surface area contributed by atoms with Gasteiger partial charge in [-0.15, -0.1) is 5.10 Å². The number of hydrogen-bond donors (Lipinski definition) is 1. The molecule has 0 saturated carbocycles. The lowest BCUT2D eigenvalue weighted by Gasteiger charge is -2.09. The van der Waals surface area contributed by atoms with Gasteiger partial charge in [0.15, 0.2) is 5.69 Å². The van der Waals surface area contributed by atoms with Crippen LogP contribution in [-0.4, -0.2) is 35.9 Å². The van der Waals surface area contributed by atoms with E-state index >= 15 is 0 Å². The average molecular weight is 263 g/mol. The number of carbonyl (C=O) groups is 1. The molecule has 0 atom stereocenters. The number of nitrogens with zero attached hydrogens (tertiary/aromatic N) is 5. The van der Waals surface area contributed by atoms with Crippen molar-refractivity contribution in [1.82, 2.24) is 24.8 Å². The molecule has 1 N–H and O–H groups in total. The molecule has 102 valence electrons. The second kappa shape index (κ2) is 4.83. The molecule has 0 saturated heterocycles. The predicted molar refractivity (Wildman–Crippen MR) is 68.6 cm³/mol. The summed E-state index contributed by atoms with van der Waals surface area (Å²) in [6.07, 6.45) is 2.57. The second-order valence-corrected chi connectivity index (χ2v) is 4.68. The Labute approximate surface area is 110 Å². The largest absolute Gasteiger partial charge is 0.476 e. The Balaban J connectivity index is 2.65. The van der Waals surface area contributed by atoms with Crippen LogP contribution >= 0.6 is 0 Å². The van der Waals surface area contributed by atoms with E-state index < -0.39 is 5.97 Å². The van der Waals surface area contributed by atoms with Crippen LogP contribution in [0.1, 0.15) is 48.6 Å². The zero-order chi connectivity index (χ0) is 14.2. The number of carboxylic acids is 1. The molecule has 0 bridgehead atoms. The van der Waals surface area contributed by atoms with Crippen LogP contribution < -0.4 is 0 Å².